The number of amides is 1. The molecule has 0 aliphatic carbocycles. The predicted octanol–water partition coefficient (Wildman–Crippen LogP) is 4.98. The third-order valence-electron chi connectivity index (χ3n) is 3.16. The molecule has 0 radical (unpaired) electrons. The number of thiazole rings is 1. The van der Waals surface area contributed by atoms with Crippen molar-refractivity contribution in [2.45, 2.75) is 17.1 Å². The normalized spacial score (nSPS) is 11.9. The van der Waals surface area contributed by atoms with Crippen LogP contribution in [0.2, 0.25) is 5.02 Å². The Balaban J connectivity index is 1.62. The number of pyridine rings is 1. The highest BCUT2D eigenvalue weighted by atomic mass is 35.5. The molecule has 2 aromatic heterocycles. The summed E-state index contributed by atoms with van der Waals surface area (Å²) in [7, 11) is 0. The average molecular weight is 376 g/mol. The van der Waals surface area contributed by atoms with Crippen LogP contribution in [-0.4, -0.2) is 21.1 Å². The third-order valence-corrected chi connectivity index (χ3v) is 5.28. The summed E-state index contributed by atoms with van der Waals surface area (Å²) in [6.45, 7) is 1.86. The number of halogens is 1. The SMILES string of the molecule is C[C@H](Sc1ccc(Cl)cc1)C(=O)Nc1nc(-c2ccccn2)cs1. The molecule has 3 rings (SSSR count). The van der Waals surface area contributed by atoms with Crippen LogP contribution in [0, 0.1) is 0 Å². The maximum atomic E-state index is 12.3. The van der Waals surface area contributed by atoms with E-state index in [9.17, 15) is 4.79 Å². The molecule has 0 spiro atoms. The Bertz CT molecular complexity index is 821. The Hall–Kier alpha value is -1.89. The molecule has 4 nitrogen and oxygen atoms in total. The number of anilines is 1. The Morgan fingerprint density at radius 1 is 1.21 bits per heavy atom. The van der Waals surface area contributed by atoms with Gasteiger partial charge in [-0.25, -0.2) is 4.98 Å². The zero-order chi connectivity index (χ0) is 16.9. The van der Waals surface area contributed by atoms with Gasteiger partial charge < -0.3 is 5.32 Å². The van der Waals surface area contributed by atoms with E-state index in [0.29, 0.717) is 10.2 Å². The van der Waals surface area contributed by atoms with Crippen molar-refractivity contribution in [3.63, 3.8) is 0 Å². The molecule has 122 valence electrons. The van der Waals surface area contributed by atoms with Gasteiger partial charge in [0.25, 0.3) is 0 Å². The third kappa shape index (κ3) is 4.35. The molecule has 1 N–H and O–H groups in total. The van der Waals surface area contributed by atoms with Crippen molar-refractivity contribution in [3.05, 3.63) is 59.1 Å². The molecule has 1 aromatic carbocycles. The molecule has 2 heterocycles. The fourth-order valence-electron chi connectivity index (χ4n) is 1.94. The molecule has 0 bridgehead atoms. The first-order valence-electron chi connectivity index (χ1n) is 7.22. The van der Waals surface area contributed by atoms with Crippen molar-refractivity contribution in [2.75, 3.05) is 5.32 Å². The summed E-state index contributed by atoms with van der Waals surface area (Å²) in [6.07, 6.45) is 1.72. The van der Waals surface area contributed by atoms with E-state index in [1.807, 2.05) is 54.8 Å². The quantitative estimate of drug-likeness (QED) is 0.639. The smallest absolute Gasteiger partial charge is 0.239 e. The van der Waals surface area contributed by atoms with Crippen molar-refractivity contribution in [2.24, 2.45) is 0 Å². The van der Waals surface area contributed by atoms with Crippen LogP contribution >= 0.6 is 34.7 Å². The summed E-state index contributed by atoms with van der Waals surface area (Å²) in [6, 6.07) is 13.1. The zero-order valence-electron chi connectivity index (χ0n) is 12.8. The van der Waals surface area contributed by atoms with Crippen molar-refractivity contribution in [1.82, 2.24) is 9.97 Å². The summed E-state index contributed by atoms with van der Waals surface area (Å²) >= 11 is 8.74. The first-order valence-corrected chi connectivity index (χ1v) is 9.35. The molecule has 0 saturated carbocycles. The van der Waals surface area contributed by atoms with Gasteiger partial charge in [0.1, 0.15) is 5.69 Å². The van der Waals surface area contributed by atoms with Crippen LogP contribution in [0.25, 0.3) is 11.4 Å². The highest BCUT2D eigenvalue weighted by Gasteiger charge is 2.16. The number of nitrogens with zero attached hydrogens (tertiary/aromatic N) is 2. The lowest BCUT2D eigenvalue weighted by molar-refractivity contribution is -0.115. The van der Waals surface area contributed by atoms with Gasteiger partial charge in [-0.3, -0.25) is 9.78 Å². The van der Waals surface area contributed by atoms with Crippen molar-refractivity contribution in [1.29, 1.82) is 0 Å². The number of nitrogens with one attached hydrogen (secondary N) is 1. The van der Waals surface area contributed by atoms with Gasteiger partial charge in [-0.15, -0.1) is 23.1 Å². The molecule has 1 amide bonds. The number of rotatable bonds is 5. The Labute approximate surface area is 153 Å². The van der Waals surface area contributed by atoms with E-state index in [0.717, 1.165) is 16.3 Å². The van der Waals surface area contributed by atoms with Crippen LogP contribution in [-0.2, 0) is 4.79 Å². The number of thioether (sulfide) groups is 1. The molecule has 24 heavy (non-hydrogen) atoms. The molecule has 3 aromatic rings. The van der Waals surface area contributed by atoms with Crippen molar-refractivity contribution >= 4 is 45.7 Å². The van der Waals surface area contributed by atoms with Gasteiger partial charge >= 0.3 is 0 Å². The molecule has 1 atom stereocenters. The second-order valence-corrected chi connectivity index (χ2v) is 7.66. The highest BCUT2D eigenvalue weighted by molar-refractivity contribution is 8.00. The van der Waals surface area contributed by atoms with Crippen molar-refractivity contribution in [3.8, 4) is 11.4 Å². The number of carbonyl (C=O) groups is 1. The maximum Gasteiger partial charge on any atom is 0.239 e. The minimum absolute atomic E-state index is 0.0862. The highest BCUT2D eigenvalue weighted by Crippen LogP contribution is 2.27. The second-order valence-electron chi connectivity index (χ2n) is 4.96. The minimum Gasteiger partial charge on any atom is -0.301 e. The van der Waals surface area contributed by atoms with Gasteiger partial charge in [0.05, 0.1) is 10.9 Å². The lowest BCUT2D eigenvalue weighted by atomic mass is 10.3. The number of hydrogen-bond acceptors (Lipinski definition) is 5. The standard InChI is InChI=1S/C17H14ClN3OS2/c1-11(24-13-7-5-12(18)6-8-13)16(22)21-17-20-15(10-23-17)14-4-2-3-9-19-14/h2-11H,1H3,(H,20,21,22)/t11-/m0/s1. The van der Waals surface area contributed by atoms with E-state index >= 15 is 0 Å². The molecule has 0 unspecified atom stereocenters. The van der Waals surface area contributed by atoms with Gasteiger partial charge in [-0.2, -0.15) is 0 Å². The molecular weight excluding hydrogens is 362 g/mol. The predicted molar refractivity (Wildman–Crippen MR) is 101 cm³/mol. The van der Waals surface area contributed by atoms with Crippen LogP contribution < -0.4 is 5.32 Å². The fraction of sp³-hybridized carbons (Fsp3) is 0.118. The Kier molecular flexibility index (Phi) is 5.50. The molecular formula is C17H14ClN3OS2. The number of aromatic nitrogens is 2. The topological polar surface area (TPSA) is 54.9 Å². The van der Waals surface area contributed by atoms with Gasteiger partial charge in [-0.1, -0.05) is 17.7 Å². The average Bonchev–Trinajstić information content (AvgIpc) is 3.06. The van der Waals surface area contributed by atoms with Gasteiger partial charge in [0, 0.05) is 21.5 Å². The van der Waals surface area contributed by atoms with Gasteiger partial charge in [0.2, 0.25) is 5.91 Å². The maximum absolute atomic E-state index is 12.3. The Morgan fingerprint density at radius 2 is 2.00 bits per heavy atom. The van der Waals surface area contributed by atoms with Crippen LogP contribution in [0.15, 0.2) is 58.9 Å². The van der Waals surface area contributed by atoms with E-state index < -0.39 is 0 Å². The summed E-state index contributed by atoms with van der Waals surface area (Å²) in [5.41, 5.74) is 1.55. The van der Waals surface area contributed by atoms with Crippen LogP contribution in [0.1, 0.15) is 6.92 Å². The first kappa shape index (κ1) is 17.0. The minimum atomic E-state index is -0.242. The summed E-state index contributed by atoms with van der Waals surface area (Å²) in [5, 5.41) is 5.75. The van der Waals surface area contributed by atoms with E-state index in [2.05, 4.69) is 15.3 Å². The van der Waals surface area contributed by atoms with Crippen molar-refractivity contribution < 1.29 is 4.79 Å². The first-order chi connectivity index (χ1) is 11.6. The summed E-state index contributed by atoms with van der Waals surface area (Å²) in [5.74, 6) is -0.0862. The lowest BCUT2D eigenvalue weighted by Crippen LogP contribution is -2.22. The molecule has 0 fully saturated rings. The molecule has 0 aliphatic rings. The number of carbonyl (C=O) groups excluding carboxylic acids is 1. The lowest BCUT2D eigenvalue weighted by Gasteiger charge is -2.10. The van der Waals surface area contributed by atoms with E-state index in [1.54, 1.807) is 6.20 Å². The van der Waals surface area contributed by atoms with Crippen LogP contribution in [0.3, 0.4) is 0 Å². The van der Waals surface area contributed by atoms with Crippen LogP contribution in [0.4, 0.5) is 5.13 Å². The molecule has 7 heteroatoms. The monoisotopic (exact) mass is 375 g/mol. The van der Waals surface area contributed by atoms with Crippen LogP contribution in [0.5, 0.6) is 0 Å². The van der Waals surface area contributed by atoms with E-state index in [-0.39, 0.29) is 11.2 Å². The summed E-state index contributed by atoms with van der Waals surface area (Å²) < 4.78 is 0. The zero-order valence-corrected chi connectivity index (χ0v) is 15.2. The fourth-order valence-corrected chi connectivity index (χ4v) is 3.64. The second kappa shape index (κ2) is 7.79. The largest absolute Gasteiger partial charge is 0.301 e. The Morgan fingerprint density at radius 3 is 2.71 bits per heavy atom. The molecule has 0 saturated heterocycles. The number of hydrogen-bond donors (Lipinski definition) is 1. The van der Waals surface area contributed by atoms with Gasteiger partial charge in [0.15, 0.2) is 5.13 Å². The van der Waals surface area contributed by atoms with E-state index in [4.69, 9.17) is 11.6 Å². The van der Waals surface area contributed by atoms with E-state index in [1.165, 1.54) is 23.1 Å². The summed E-state index contributed by atoms with van der Waals surface area (Å²) in [4.78, 5) is 22.0. The molecule has 0 aliphatic heterocycles. The number of benzene rings is 1. The van der Waals surface area contributed by atoms with Gasteiger partial charge in [-0.05, 0) is 43.3 Å².